The summed E-state index contributed by atoms with van der Waals surface area (Å²) in [6.45, 7) is 4.54. The molecule has 2 N–H and O–H groups in total. The minimum atomic E-state index is -0.984. The summed E-state index contributed by atoms with van der Waals surface area (Å²) in [7, 11) is 0. The van der Waals surface area contributed by atoms with Gasteiger partial charge in [-0.15, -0.1) is 0 Å². The zero-order chi connectivity index (χ0) is 23.3. The maximum Gasteiger partial charge on any atom is 0.303 e. The van der Waals surface area contributed by atoms with Crippen molar-refractivity contribution in [3.63, 3.8) is 0 Å². The lowest BCUT2D eigenvalue weighted by Gasteiger charge is -2.14. The summed E-state index contributed by atoms with van der Waals surface area (Å²) >= 11 is 0. The molecule has 32 heavy (non-hydrogen) atoms. The molecule has 0 aliphatic heterocycles. The van der Waals surface area contributed by atoms with Gasteiger partial charge in [0, 0.05) is 36.6 Å². The van der Waals surface area contributed by atoms with Crippen molar-refractivity contribution in [2.24, 2.45) is 16.8 Å². The average molecular weight is 430 g/mol. The zero-order valence-corrected chi connectivity index (χ0v) is 18.3. The van der Waals surface area contributed by atoms with Crippen LogP contribution in [-0.4, -0.2) is 28.4 Å². The maximum absolute atomic E-state index is 10.8. The van der Waals surface area contributed by atoms with Crippen molar-refractivity contribution < 1.29 is 9.90 Å². The summed E-state index contributed by atoms with van der Waals surface area (Å²) in [5.74, 6) is -1.18. The Bertz CT molecular complexity index is 1030. The van der Waals surface area contributed by atoms with Crippen LogP contribution in [0.1, 0.15) is 44.2 Å². The number of carbonyl (C=O) groups is 1. The molecule has 164 valence electrons. The maximum atomic E-state index is 10.8. The molecule has 2 aromatic rings. The van der Waals surface area contributed by atoms with Gasteiger partial charge in [0.15, 0.2) is 5.92 Å². The summed E-state index contributed by atoms with van der Waals surface area (Å²) in [6, 6.07) is 15.4. The third kappa shape index (κ3) is 7.70. The Morgan fingerprint density at radius 3 is 2.59 bits per heavy atom. The highest BCUT2D eigenvalue weighted by Crippen LogP contribution is 2.26. The zero-order valence-electron chi connectivity index (χ0n) is 18.3. The van der Waals surface area contributed by atoms with Gasteiger partial charge in [-0.2, -0.15) is 10.5 Å². The number of rotatable bonds is 10. The van der Waals surface area contributed by atoms with Crippen molar-refractivity contribution in [1.82, 2.24) is 4.98 Å². The van der Waals surface area contributed by atoms with Crippen LogP contribution in [0.4, 0.5) is 5.69 Å². The first kappa shape index (κ1) is 24.3. The molecule has 0 amide bonds. The molecule has 1 aromatic carbocycles. The second-order valence-electron chi connectivity index (χ2n) is 7.66. The molecule has 0 aliphatic carbocycles. The van der Waals surface area contributed by atoms with Crippen LogP contribution < -0.4 is 5.32 Å². The number of amidine groups is 1. The number of unbranched alkanes of at least 4 members (excludes halogenated alkanes) is 1. The SMILES string of the molecule is CC(C)CN=C(Nc1cccc(/C(=C\CCCC(=O)O)c2cccnc2)c1)C(C#N)C#N. The molecule has 0 bridgehead atoms. The summed E-state index contributed by atoms with van der Waals surface area (Å²) in [5, 5.41) is 30.7. The van der Waals surface area contributed by atoms with E-state index < -0.39 is 11.9 Å². The Morgan fingerprint density at radius 2 is 1.97 bits per heavy atom. The van der Waals surface area contributed by atoms with Crippen LogP contribution in [0.3, 0.4) is 0 Å². The van der Waals surface area contributed by atoms with Gasteiger partial charge in [0.1, 0.15) is 5.84 Å². The molecule has 7 nitrogen and oxygen atoms in total. The van der Waals surface area contributed by atoms with Gasteiger partial charge in [-0.05, 0) is 48.1 Å². The highest BCUT2D eigenvalue weighted by molar-refractivity contribution is 6.00. The minimum Gasteiger partial charge on any atom is -0.481 e. The highest BCUT2D eigenvalue weighted by atomic mass is 16.4. The number of nitrogens with zero attached hydrogens (tertiary/aromatic N) is 4. The first-order valence-electron chi connectivity index (χ1n) is 10.5. The third-order valence-corrected chi connectivity index (χ3v) is 4.52. The highest BCUT2D eigenvalue weighted by Gasteiger charge is 2.16. The fourth-order valence-corrected chi connectivity index (χ4v) is 2.97. The number of aliphatic imine (C=N–C) groups is 1. The van der Waals surface area contributed by atoms with E-state index in [9.17, 15) is 15.3 Å². The van der Waals surface area contributed by atoms with Crippen molar-refractivity contribution in [3.8, 4) is 12.1 Å². The Hall–Kier alpha value is -3.97. The summed E-state index contributed by atoms with van der Waals surface area (Å²) < 4.78 is 0. The Morgan fingerprint density at radius 1 is 1.22 bits per heavy atom. The van der Waals surface area contributed by atoms with Crippen LogP contribution in [-0.2, 0) is 4.79 Å². The Labute approximate surface area is 188 Å². The molecule has 0 saturated carbocycles. The van der Waals surface area contributed by atoms with Gasteiger partial charge in [-0.3, -0.25) is 14.8 Å². The van der Waals surface area contributed by atoms with Gasteiger partial charge in [-0.25, -0.2) is 0 Å². The molecule has 7 heteroatoms. The number of aromatic nitrogens is 1. The van der Waals surface area contributed by atoms with E-state index in [-0.39, 0.29) is 6.42 Å². The van der Waals surface area contributed by atoms with Crippen LogP contribution in [0, 0.1) is 34.5 Å². The van der Waals surface area contributed by atoms with Gasteiger partial charge in [-0.1, -0.05) is 38.1 Å². The fourth-order valence-electron chi connectivity index (χ4n) is 2.97. The van der Waals surface area contributed by atoms with E-state index in [1.165, 1.54) is 0 Å². The molecule has 0 aliphatic rings. The molecule has 0 saturated heterocycles. The summed E-state index contributed by atoms with van der Waals surface area (Å²) in [4.78, 5) is 19.5. The van der Waals surface area contributed by atoms with Crippen molar-refractivity contribution in [1.29, 1.82) is 10.5 Å². The number of nitriles is 2. The number of hydrogen-bond acceptors (Lipinski definition) is 5. The number of carboxylic acids is 1. The molecule has 0 radical (unpaired) electrons. The van der Waals surface area contributed by atoms with E-state index >= 15 is 0 Å². The number of nitrogens with one attached hydrogen (secondary N) is 1. The molecule has 0 unspecified atom stereocenters. The molecule has 0 fully saturated rings. The molecular formula is C25H27N5O2. The van der Waals surface area contributed by atoms with E-state index in [0.29, 0.717) is 36.8 Å². The Kier molecular flexibility index (Phi) is 9.62. The molecule has 1 aromatic heterocycles. The van der Waals surface area contributed by atoms with Crippen molar-refractivity contribution in [2.75, 3.05) is 11.9 Å². The lowest BCUT2D eigenvalue weighted by Crippen LogP contribution is -2.22. The number of hydrogen-bond donors (Lipinski definition) is 2. The second kappa shape index (κ2) is 12.7. The first-order valence-corrected chi connectivity index (χ1v) is 10.5. The smallest absolute Gasteiger partial charge is 0.303 e. The van der Waals surface area contributed by atoms with Crippen LogP contribution in [0.15, 0.2) is 59.9 Å². The van der Waals surface area contributed by atoms with E-state index in [2.05, 4.69) is 15.3 Å². The number of pyridine rings is 1. The van der Waals surface area contributed by atoms with E-state index in [1.54, 1.807) is 12.4 Å². The number of carboxylic acid groups (broad SMARTS) is 1. The lowest BCUT2D eigenvalue weighted by molar-refractivity contribution is -0.137. The predicted octanol–water partition coefficient (Wildman–Crippen LogP) is 4.90. The van der Waals surface area contributed by atoms with Crippen LogP contribution >= 0.6 is 0 Å². The molecule has 0 atom stereocenters. The van der Waals surface area contributed by atoms with Crippen LogP contribution in [0.5, 0.6) is 0 Å². The standard InChI is InChI=1S/C25H27N5O2/c1-18(2)16-29-25(21(14-26)15-27)30-22-9-5-7-19(13-22)23(10-3-4-11-24(31)32)20-8-6-12-28-17-20/h5-10,12-13,17-18,21H,3-4,11,16H2,1-2H3,(H,29,30)(H,31,32)/b23-10+. The minimum absolute atomic E-state index is 0.109. The predicted molar refractivity (Wildman–Crippen MR) is 125 cm³/mol. The van der Waals surface area contributed by atoms with Crippen molar-refractivity contribution >= 4 is 23.1 Å². The number of aliphatic carboxylic acids is 1. The normalized spacial score (nSPS) is 11.8. The van der Waals surface area contributed by atoms with E-state index in [4.69, 9.17) is 5.11 Å². The van der Waals surface area contributed by atoms with Gasteiger partial charge in [0.05, 0.1) is 12.1 Å². The Balaban J connectivity index is 2.36. The first-order chi connectivity index (χ1) is 15.4. The van der Waals surface area contributed by atoms with Gasteiger partial charge in [0.2, 0.25) is 0 Å². The number of anilines is 1. The van der Waals surface area contributed by atoms with Crippen molar-refractivity contribution in [3.05, 3.63) is 66.0 Å². The molecule has 0 spiro atoms. The van der Waals surface area contributed by atoms with Crippen LogP contribution in [0.2, 0.25) is 0 Å². The summed E-state index contributed by atoms with van der Waals surface area (Å²) in [5.41, 5.74) is 3.47. The quantitative estimate of drug-likeness (QED) is 0.315. The summed E-state index contributed by atoms with van der Waals surface area (Å²) in [6.07, 6.45) is 6.73. The monoisotopic (exact) mass is 429 g/mol. The van der Waals surface area contributed by atoms with E-state index in [0.717, 1.165) is 16.7 Å². The molecular weight excluding hydrogens is 402 g/mol. The number of allylic oxidation sites excluding steroid dienone is 1. The van der Waals surface area contributed by atoms with E-state index in [1.807, 2.05) is 68.5 Å². The molecule has 1 heterocycles. The number of benzene rings is 1. The average Bonchev–Trinajstić information content (AvgIpc) is 2.78. The largest absolute Gasteiger partial charge is 0.481 e. The fraction of sp³-hybridized carbons (Fsp3) is 0.320. The lowest BCUT2D eigenvalue weighted by atomic mass is 9.97. The van der Waals surface area contributed by atoms with Gasteiger partial charge >= 0.3 is 5.97 Å². The topological polar surface area (TPSA) is 122 Å². The molecule has 2 rings (SSSR count). The van der Waals surface area contributed by atoms with Crippen molar-refractivity contribution in [2.45, 2.75) is 33.1 Å². The third-order valence-electron chi connectivity index (χ3n) is 4.52. The van der Waals surface area contributed by atoms with Gasteiger partial charge in [0.25, 0.3) is 0 Å². The second-order valence-corrected chi connectivity index (χ2v) is 7.66. The van der Waals surface area contributed by atoms with Gasteiger partial charge < -0.3 is 10.4 Å². The van der Waals surface area contributed by atoms with Crippen LogP contribution in [0.25, 0.3) is 5.57 Å².